The third-order valence-electron chi connectivity index (χ3n) is 2.65. The summed E-state index contributed by atoms with van der Waals surface area (Å²) in [5, 5.41) is 5.99. The second-order valence-electron chi connectivity index (χ2n) is 4.28. The number of amides is 2. The van der Waals surface area contributed by atoms with E-state index in [1.165, 1.54) is 0 Å². The minimum Gasteiger partial charge on any atom is -0.397 e. The van der Waals surface area contributed by atoms with Crippen LogP contribution in [0.25, 0.3) is 0 Å². The standard InChI is InChI=1S/C14H13BrClN3O/c1-8-5-9(15)6-12(17)13(8)19-14(20)18-11-4-2-3-10(16)7-11/h2-7H,17H2,1H3,(H2,18,19,20). The molecule has 0 saturated heterocycles. The molecule has 0 spiro atoms. The summed E-state index contributed by atoms with van der Waals surface area (Å²) in [6.07, 6.45) is 0. The van der Waals surface area contributed by atoms with Gasteiger partial charge < -0.3 is 16.4 Å². The van der Waals surface area contributed by atoms with Crippen molar-refractivity contribution in [2.24, 2.45) is 0 Å². The number of nitrogens with one attached hydrogen (secondary N) is 2. The van der Waals surface area contributed by atoms with Gasteiger partial charge in [-0.1, -0.05) is 33.6 Å². The van der Waals surface area contributed by atoms with Gasteiger partial charge in [-0.05, 0) is 42.8 Å². The maximum absolute atomic E-state index is 11.9. The van der Waals surface area contributed by atoms with Crippen LogP contribution in [0.15, 0.2) is 40.9 Å². The lowest BCUT2D eigenvalue weighted by Gasteiger charge is -2.13. The van der Waals surface area contributed by atoms with Gasteiger partial charge in [-0.15, -0.1) is 0 Å². The van der Waals surface area contributed by atoms with E-state index >= 15 is 0 Å². The van der Waals surface area contributed by atoms with E-state index in [-0.39, 0.29) is 6.03 Å². The van der Waals surface area contributed by atoms with Crippen LogP contribution in [-0.4, -0.2) is 6.03 Å². The number of halogens is 2. The Labute approximate surface area is 130 Å². The van der Waals surface area contributed by atoms with E-state index < -0.39 is 0 Å². The number of urea groups is 1. The third kappa shape index (κ3) is 3.65. The van der Waals surface area contributed by atoms with Crippen LogP contribution >= 0.6 is 27.5 Å². The van der Waals surface area contributed by atoms with Gasteiger partial charge in [-0.2, -0.15) is 0 Å². The minimum atomic E-state index is -0.371. The molecule has 104 valence electrons. The molecule has 6 heteroatoms. The molecule has 2 aromatic carbocycles. The Balaban J connectivity index is 2.13. The first-order valence-electron chi connectivity index (χ1n) is 5.85. The largest absolute Gasteiger partial charge is 0.397 e. The Morgan fingerprint density at radius 2 is 2.00 bits per heavy atom. The molecule has 0 aliphatic heterocycles. The Hall–Kier alpha value is -1.72. The van der Waals surface area contributed by atoms with E-state index in [1.54, 1.807) is 30.3 Å². The SMILES string of the molecule is Cc1cc(Br)cc(N)c1NC(=O)Nc1cccc(Cl)c1. The van der Waals surface area contributed by atoms with Crippen LogP contribution in [-0.2, 0) is 0 Å². The average Bonchev–Trinajstić information content (AvgIpc) is 2.33. The lowest BCUT2D eigenvalue weighted by atomic mass is 10.1. The molecule has 0 aromatic heterocycles. The number of nitrogens with two attached hydrogens (primary N) is 1. The van der Waals surface area contributed by atoms with E-state index in [0.29, 0.717) is 22.1 Å². The molecular weight excluding hydrogens is 342 g/mol. The summed E-state index contributed by atoms with van der Waals surface area (Å²) in [7, 11) is 0. The first kappa shape index (κ1) is 14.7. The van der Waals surface area contributed by atoms with Crippen LogP contribution in [0.5, 0.6) is 0 Å². The number of hydrogen-bond acceptors (Lipinski definition) is 2. The smallest absolute Gasteiger partial charge is 0.323 e. The molecule has 0 atom stereocenters. The Morgan fingerprint density at radius 3 is 2.65 bits per heavy atom. The highest BCUT2D eigenvalue weighted by Gasteiger charge is 2.09. The van der Waals surface area contributed by atoms with E-state index in [2.05, 4.69) is 26.6 Å². The fourth-order valence-corrected chi connectivity index (χ4v) is 2.56. The first-order chi connectivity index (χ1) is 9.45. The Morgan fingerprint density at radius 1 is 1.25 bits per heavy atom. The number of nitrogen functional groups attached to an aromatic ring is 1. The molecule has 0 bridgehead atoms. The van der Waals surface area contributed by atoms with Crippen molar-refractivity contribution in [2.45, 2.75) is 6.92 Å². The summed E-state index contributed by atoms with van der Waals surface area (Å²) in [5.74, 6) is 0. The summed E-state index contributed by atoms with van der Waals surface area (Å²) in [6.45, 7) is 1.87. The maximum atomic E-state index is 11.9. The van der Waals surface area contributed by atoms with Crippen molar-refractivity contribution in [1.29, 1.82) is 0 Å². The van der Waals surface area contributed by atoms with Crippen LogP contribution in [0.3, 0.4) is 0 Å². The molecule has 0 radical (unpaired) electrons. The third-order valence-corrected chi connectivity index (χ3v) is 3.34. The summed E-state index contributed by atoms with van der Waals surface area (Å²) >= 11 is 9.21. The molecule has 4 nitrogen and oxygen atoms in total. The highest BCUT2D eigenvalue weighted by atomic mass is 79.9. The zero-order valence-corrected chi connectivity index (χ0v) is 13.0. The van der Waals surface area contributed by atoms with E-state index in [9.17, 15) is 4.79 Å². The molecule has 0 heterocycles. The van der Waals surface area contributed by atoms with Crippen LogP contribution in [0, 0.1) is 6.92 Å². The van der Waals surface area contributed by atoms with Crippen LogP contribution < -0.4 is 16.4 Å². The number of anilines is 3. The van der Waals surface area contributed by atoms with Gasteiger partial charge in [0.1, 0.15) is 0 Å². The van der Waals surface area contributed by atoms with E-state index in [1.807, 2.05) is 13.0 Å². The second kappa shape index (κ2) is 6.15. The number of rotatable bonds is 2. The van der Waals surface area contributed by atoms with Crippen molar-refractivity contribution < 1.29 is 4.79 Å². The molecule has 2 rings (SSSR count). The van der Waals surface area contributed by atoms with Crippen LogP contribution in [0.2, 0.25) is 5.02 Å². The number of carbonyl (C=O) groups excluding carboxylic acids is 1. The summed E-state index contributed by atoms with van der Waals surface area (Å²) in [4.78, 5) is 11.9. The fourth-order valence-electron chi connectivity index (χ4n) is 1.78. The molecule has 4 N–H and O–H groups in total. The zero-order chi connectivity index (χ0) is 14.7. The van der Waals surface area contributed by atoms with Gasteiger partial charge in [0.05, 0.1) is 11.4 Å². The lowest BCUT2D eigenvalue weighted by molar-refractivity contribution is 0.262. The van der Waals surface area contributed by atoms with Gasteiger partial charge in [-0.3, -0.25) is 0 Å². The normalized spacial score (nSPS) is 10.2. The first-order valence-corrected chi connectivity index (χ1v) is 7.02. The number of hydrogen-bond donors (Lipinski definition) is 3. The van der Waals surface area contributed by atoms with Crippen molar-refractivity contribution in [3.05, 3.63) is 51.5 Å². The molecule has 2 aromatic rings. The van der Waals surface area contributed by atoms with Gasteiger partial charge in [-0.25, -0.2) is 4.79 Å². The highest BCUT2D eigenvalue weighted by molar-refractivity contribution is 9.10. The average molecular weight is 355 g/mol. The molecule has 0 saturated carbocycles. The number of aryl methyl sites for hydroxylation is 1. The Bertz CT molecular complexity index is 638. The minimum absolute atomic E-state index is 0.371. The molecule has 0 fully saturated rings. The highest BCUT2D eigenvalue weighted by Crippen LogP contribution is 2.28. The molecule has 0 unspecified atom stereocenters. The summed E-state index contributed by atoms with van der Waals surface area (Å²) in [6, 6.07) is 10.2. The molecule has 0 aliphatic carbocycles. The lowest BCUT2D eigenvalue weighted by Crippen LogP contribution is -2.20. The van der Waals surface area contributed by atoms with Crippen molar-refractivity contribution in [1.82, 2.24) is 0 Å². The van der Waals surface area contributed by atoms with Crippen LogP contribution in [0.1, 0.15) is 5.56 Å². The van der Waals surface area contributed by atoms with E-state index in [4.69, 9.17) is 17.3 Å². The molecule has 20 heavy (non-hydrogen) atoms. The predicted molar refractivity (Wildman–Crippen MR) is 87.4 cm³/mol. The van der Waals surface area contributed by atoms with Gasteiger partial charge in [0.2, 0.25) is 0 Å². The van der Waals surface area contributed by atoms with Gasteiger partial charge in [0.15, 0.2) is 0 Å². The van der Waals surface area contributed by atoms with E-state index in [0.717, 1.165) is 10.0 Å². The zero-order valence-electron chi connectivity index (χ0n) is 10.7. The van der Waals surface area contributed by atoms with Crippen molar-refractivity contribution in [3.8, 4) is 0 Å². The molecule has 2 amide bonds. The second-order valence-corrected chi connectivity index (χ2v) is 5.63. The molecular formula is C14H13BrClN3O. The summed E-state index contributed by atoms with van der Waals surface area (Å²) < 4.78 is 0.869. The van der Waals surface area contributed by atoms with Crippen molar-refractivity contribution >= 4 is 50.6 Å². The van der Waals surface area contributed by atoms with Crippen molar-refractivity contribution in [3.63, 3.8) is 0 Å². The van der Waals surface area contributed by atoms with Gasteiger partial charge in [0, 0.05) is 15.2 Å². The van der Waals surface area contributed by atoms with Gasteiger partial charge >= 0.3 is 6.03 Å². The molecule has 0 aliphatic rings. The topological polar surface area (TPSA) is 67.1 Å². The predicted octanol–water partition coefficient (Wildman–Crippen LogP) is 4.64. The number of carbonyl (C=O) groups is 1. The number of benzene rings is 2. The quantitative estimate of drug-likeness (QED) is 0.688. The monoisotopic (exact) mass is 353 g/mol. The van der Waals surface area contributed by atoms with Crippen molar-refractivity contribution in [2.75, 3.05) is 16.4 Å². The fraction of sp³-hybridized carbons (Fsp3) is 0.0714. The maximum Gasteiger partial charge on any atom is 0.323 e. The van der Waals surface area contributed by atoms with Gasteiger partial charge in [0.25, 0.3) is 0 Å². The summed E-state index contributed by atoms with van der Waals surface area (Å²) in [5.41, 5.74) is 8.47. The van der Waals surface area contributed by atoms with Crippen LogP contribution in [0.4, 0.5) is 21.9 Å². The Kier molecular flexibility index (Phi) is 4.52.